The Morgan fingerprint density at radius 2 is 1.68 bits per heavy atom. The molecule has 2 aromatic carbocycles. The van der Waals surface area contributed by atoms with Gasteiger partial charge in [-0.3, -0.25) is 4.79 Å². The van der Waals surface area contributed by atoms with Crippen molar-refractivity contribution in [2.45, 2.75) is 12.1 Å². The lowest BCUT2D eigenvalue weighted by Crippen LogP contribution is -2.49. The van der Waals surface area contributed by atoms with E-state index >= 15 is 0 Å². The summed E-state index contributed by atoms with van der Waals surface area (Å²) in [5, 5.41) is 11.2. The van der Waals surface area contributed by atoms with Crippen molar-refractivity contribution in [2.75, 3.05) is 6.54 Å². The summed E-state index contributed by atoms with van der Waals surface area (Å²) in [5.41, 5.74) is 1.97. The van der Waals surface area contributed by atoms with Gasteiger partial charge in [0, 0.05) is 23.2 Å². The van der Waals surface area contributed by atoms with Crippen LogP contribution in [0.4, 0.5) is 0 Å². The third kappa shape index (κ3) is 1.18. The molecule has 0 aromatic heterocycles. The summed E-state index contributed by atoms with van der Waals surface area (Å²) >= 11 is 0. The van der Waals surface area contributed by atoms with Gasteiger partial charge in [-0.25, -0.2) is 0 Å². The number of aliphatic hydroxyl groups is 1. The zero-order valence-electron chi connectivity index (χ0n) is 10.3. The minimum absolute atomic E-state index is 0.0763. The Morgan fingerprint density at radius 3 is 2.53 bits per heavy atom. The SMILES string of the molecule is O=C1c2ccccc2C2(O)c3ccccc3CCN12. The van der Waals surface area contributed by atoms with E-state index < -0.39 is 5.72 Å². The normalized spacial score (nSPS) is 23.8. The molecule has 2 aliphatic heterocycles. The van der Waals surface area contributed by atoms with E-state index in [0.717, 1.165) is 17.5 Å². The van der Waals surface area contributed by atoms with E-state index in [4.69, 9.17) is 0 Å². The Morgan fingerprint density at radius 1 is 1.00 bits per heavy atom. The van der Waals surface area contributed by atoms with Crippen molar-refractivity contribution in [3.05, 3.63) is 70.8 Å². The van der Waals surface area contributed by atoms with Gasteiger partial charge in [-0.1, -0.05) is 42.5 Å². The summed E-state index contributed by atoms with van der Waals surface area (Å²) in [5.74, 6) is -0.0763. The Bertz CT molecular complexity index is 695. The van der Waals surface area contributed by atoms with Gasteiger partial charge in [0.15, 0.2) is 5.72 Å². The maximum atomic E-state index is 12.4. The van der Waals surface area contributed by atoms with Crippen LogP contribution in [0.1, 0.15) is 27.0 Å². The number of fused-ring (bicyclic) bond motifs is 5. The van der Waals surface area contributed by atoms with E-state index in [1.807, 2.05) is 42.5 Å². The fourth-order valence-electron chi connectivity index (χ4n) is 3.28. The molecule has 0 saturated heterocycles. The first kappa shape index (κ1) is 10.8. The largest absolute Gasteiger partial charge is 0.363 e. The van der Waals surface area contributed by atoms with Crippen LogP contribution in [0.15, 0.2) is 48.5 Å². The monoisotopic (exact) mass is 251 g/mol. The number of hydrogen-bond acceptors (Lipinski definition) is 2. The maximum Gasteiger partial charge on any atom is 0.257 e. The van der Waals surface area contributed by atoms with Crippen LogP contribution in [0.25, 0.3) is 0 Å². The Hall–Kier alpha value is -2.13. The molecule has 1 amide bonds. The molecule has 0 bridgehead atoms. The zero-order chi connectivity index (χ0) is 13.0. The molecule has 3 heteroatoms. The van der Waals surface area contributed by atoms with Crippen LogP contribution in [0.2, 0.25) is 0 Å². The molecule has 1 atom stereocenters. The van der Waals surface area contributed by atoms with E-state index in [9.17, 15) is 9.90 Å². The number of benzene rings is 2. The average Bonchev–Trinajstić information content (AvgIpc) is 2.69. The third-order valence-corrected chi connectivity index (χ3v) is 4.17. The Kier molecular flexibility index (Phi) is 1.96. The number of nitrogens with zero attached hydrogens (tertiary/aromatic N) is 1. The van der Waals surface area contributed by atoms with E-state index in [0.29, 0.717) is 17.7 Å². The molecule has 19 heavy (non-hydrogen) atoms. The number of hydrogen-bond donors (Lipinski definition) is 1. The topological polar surface area (TPSA) is 40.5 Å². The molecule has 0 fully saturated rings. The van der Waals surface area contributed by atoms with E-state index in [2.05, 4.69) is 0 Å². The van der Waals surface area contributed by atoms with Crippen molar-refractivity contribution in [1.29, 1.82) is 0 Å². The van der Waals surface area contributed by atoms with Crippen LogP contribution in [0.5, 0.6) is 0 Å². The molecule has 0 aliphatic carbocycles. The molecular weight excluding hydrogens is 238 g/mol. The fraction of sp³-hybridized carbons (Fsp3) is 0.188. The van der Waals surface area contributed by atoms with Crippen molar-refractivity contribution < 1.29 is 9.90 Å². The van der Waals surface area contributed by atoms with Crippen LogP contribution in [0, 0.1) is 0 Å². The van der Waals surface area contributed by atoms with Gasteiger partial charge < -0.3 is 10.0 Å². The standard InChI is InChI=1S/C16H13NO2/c18-15-12-6-2-4-8-14(12)16(19)13-7-3-1-5-11(13)9-10-17(15)16/h1-8,19H,9-10H2. The second-order valence-electron chi connectivity index (χ2n) is 5.08. The molecule has 0 radical (unpaired) electrons. The van der Waals surface area contributed by atoms with Gasteiger partial charge in [-0.15, -0.1) is 0 Å². The first-order valence-corrected chi connectivity index (χ1v) is 6.45. The fourth-order valence-corrected chi connectivity index (χ4v) is 3.28. The maximum absolute atomic E-state index is 12.4. The lowest BCUT2D eigenvalue weighted by atomic mass is 9.86. The molecule has 0 spiro atoms. The molecule has 94 valence electrons. The predicted octanol–water partition coefficient (Wildman–Crippen LogP) is 1.89. The van der Waals surface area contributed by atoms with Crippen LogP contribution >= 0.6 is 0 Å². The quantitative estimate of drug-likeness (QED) is 0.776. The molecule has 1 unspecified atom stereocenters. The highest BCUT2D eigenvalue weighted by Crippen LogP contribution is 2.45. The number of carbonyl (C=O) groups excluding carboxylic acids is 1. The second-order valence-corrected chi connectivity index (χ2v) is 5.08. The Balaban J connectivity index is 2.05. The van der Waals surface area contributed by atoms with Gasteiger partial charge in [0.2, 0.25) is 0 Å². The van der Waals surface area contributed by atoms with Gasteiger partial charge in [0.25, 0.3) is 5.91 Å². The highest BCUT2D eigenvalue weighted by Gasteiger charge is 2.51. The second kappa shape index (κ2) is 3.45. The van der Waals surface area contributed by atoms with Crippen molar-refractivity contribution in [2.24, 2.45) is 0 Å². The zero-order valence-corrected chi connectivity index (χ0v) is 10.3. The molecule has 1 N–H and O–H groups in total. The summed E-state index contributed by atoms with van der Waals surface area (Å²) in [7, 11) is 0. The Labute approximate surface area is 111 Å². The molecule has 3 nitrogen and oxygen atoms in total. The van der Waals surface area contributed by atoms with E-state index in [1.54, 1.807) is 11.0 Å². The summed E-state index contributed by atoms with van der Waals surface area (Å²) in [6.07, 6.45) is 0.790. The van der Waals surface area contributed by atoms with Gasteiger partial charge in [-0.2, -0.15) is 0 Å². The van der Waals surface area contributed by atoms with Crippen LogP contribution in [0.3, 0.4) is 0 Å². The number of rotatable bonds is 0. The van der Waals surface area contributed by atoms with Crippen LogP contribution in [-0.2, 0) is 12.1 Å². The summed E-state index contributed by atoms with van der Waals surface area (Å²) in [6.45, 7) is 0.557. The molecule has 2 aliphatic rings. The van der Waals surface area contributed by atoms with Crippen molar-refractivity contribution in [3.8, 4) is 0 Å². The van der Waals surface area contributed by atoms with Crippen LogP contribution in [-0.4, -0.2) is 22.5 Å². The molecular formula is C16H13NO2. The third-order valence-electron chi connectivity index (χ3n) is 4.17. The minimum atomic E-state index is -1.29. The summed E-state index contributed by atoms with van der Waals surface area (Å²) in [4.78, 5) is 14.0. The lowest BCUT2D eigenvalue weighted by molar-refractivity contribution is -0.0562. The first-order valence-electron chi connectivity index (χ1n) is 6.45. The first-order chi connectivity index (χ1) is 9.23. The highest BCUT2D eigenvalue weighted by molar-refractivity contribution is 6.00. The molecule has 2 heterocycles. The van der Waals surface area contributed by atoms with Gasteiger partial charge in [0.1, 0.15) is 0 Å². The highest BCUT2D eigenvalue weighted by atomic mass is 16.3. The minimum Gasteiger partial charge on any atom is -0.363 e. The predicted molar refractivity (Wildman–Crippen MR) is 70.6 cm³/mol. The summed E-state index contributed by atoms with van der Waals surface area (Å²) in [6, 6.07) is 15.2. The van der Waals surface area contributed by atoms with Crippen molar-refractivity contribution in [1.82, 2.24) is 4.90 Å². The molecule has 4 rings (SSSR count). The van der Waals surface area contributed by atoms with Crippen molar-refractivity contribution in [3.63, 3.8) is 0 Å². The van der Waals surface area contributed by atoms with Gasteiger partial charge in [-0.05, 0) is 18.1 Å². The number of carbonyl (C=O) groups is 1. The number of amides is 1. The lowest BCUT2D eigenvalue weighted by Gasteiger charge is -2.39. The van der Waals surface area contributed by atoms with Crippen LogP contribution < -0.4 is 0 Å². The molecule has 2 aromatic rings. The average molecular weight is 251 g/mol. The van der Waals surface area contributed by atoms with Crippen molar-refractivity contribution >= 4 is 5.91 Å². The molecule has 0 saturated carbocycles. The van der Waals surface area contributed by atoms with Gasteiger partial charge >= 0.3 is 0 Å². The van der Waals surface area contributed by atoms with E-state index in [-0.39, 0.29) is 5.91 Å². The summed E-state index contributed by atoms with van der Waals surface area (Å²) < 4.78 is 0. The van der Waals surface area contributed by atoms with Gasteiger partial charge in [0.05, 0.1) is 0 Å². The smallest absolute Gasteiger partial charge is 0.257 e. The van der Waals surface area contributed by atoms with E-state index in [1.165, 1.54) is 0 Å².